The van der Waals surface area contributed by atoms with Crippen LogP contribution in [-0.4, -0.2) is 9.67 Å². The molecule has 6 heteroatoms. The third kappa shape index (κ3) is 3.11. The molecule has 1 atom stereocenters. The Morgan fingerprint density at radius 2 is 1.95 bits per heavy atom. The molecule has 1 unspecified atom stereocenters. The molecular formula is C16H12BrF2NO2. The van der Waals surface area contributed by atoms with Crippen molar-refractivity contribution in [1.82, 2.24) is 4.57 Å². The molecule has 1 heterocycles. The van der Waals surface area contributed by atoms with E-state index in [1.807, 2.05) is 0 Å². The summed E-state index contributed by atoms with van der Waals surface area (Å²) in [6, 6.07) is 5.67. The van der Waals surface area contributed by atoms with Crippen LogP contribution in [0.15, 0.2) is 41.3 Å². The largest absolute Gasteiger partial charge is 0.379 e. The van der Waals surface area contributed by atoms with Gasteiger partial charge in [-0.1, -0.05) is 5.92 Å². The maximum absolute atomic E-state index is 13.5. The molecule has 1 aromatic heterocycles. The number of rotatable bonds is 3. The van der Waals surface area contributed by atoms with Crippen molar-refractivity contribution in [3.8, 4) is 10.8 Å². The van der Waals surface area contributed by atoms with Crippen molar-refractivity contribution in [2.75, 3.05) is 0 Å². The third-order valence-electron chi connectivity index (χ3n) is 3.32. The van der Waals surface area contributed by atoms with Gasteiger partial charge in [-0.25, -0.2) is 8.78 Å². The maximum atomic E-state index is 13.5. The number of benzene rings is 1. The first-order valence-electron chi connectivity index (χ1n) is 6.32. The summed E-state index contributed by atoms with van der Waals surface area (Å²) in [5.41, 5.74) is -2.45. The number of aromatic nitrogens is 1. The van der Waals surface area contributed by atoms with Gasteiger partial charge in [0.1, 0.15) is 17.2 Å². The third-order valence-corrected chi connectivity index (χ3v) is 3.60. The zero-order chi connectivity index (χ0) is 16.3. The van der Waals surface area contributed by atoms with Crippen molar-refractivity contribution >= 4 is 15.9 Å². The molecule has 0 fully saturated rings. The van der Waals surface area contributed by atoms with Crippen molar-refractivity contribution in [1.29, 1.82) is 0 Å². The molecule has 0 aliphatic carbocycles. The first kappa shape index (κ1) is 16.4. The topological polar surface area (TPSA) is 42.2 Å². The van der Waals surface area contributed by atoms with Gasteiger partial charge < -0.3 is 9.67 Å². The number of halogens is 3. The Morgan fingerprint density at radius 1 is 1.32 bits per heavy atom. The Bertz CT molecular complexity index is 803. The number of nitrogens with zero attached hydrogens (tertiary/aromatic N) is 1. The molecular weight excluding hydrogens is 356 g/mol. The van der Waals surface area contributed by atoms with Gasteiger partial charge in [-0.15, -0.1) is 0 Å². The van der Waals surface area contributed by atoms with Crippen LogP contribution in [0.3, 0.4) is 0 Å². The molecule has 22 heavy (non-hydrogen) atoms. The quantitative estimate of drug-likeness (QED) is 0.847. The molecule has 0 saturated heterocycles. The number of hydrogen-bond donors (Lipinski definition) is 1. The fourth-order valence-corrected chi connectivity index (χ4v) is 2.36. The van der Waals surface area contributed by atoms with Crippen LogP contribution in [0.2, 0.25) is 0 Å². The molecule has 0 aliphatic rings. The molecule has 1 aromatic carbocycles. The van der Waals surface area contributed by atoms with E-state index in [1.165, 1.54) is 23.9 Å². The predicted molar refractivity (Wildman–Crippen MR) is 82.4 cm³/mol. The van der Waals surface area contributed by atoms with Crippen LogP contribution in [-0.2, 0) is 12.6 Å². The van der Waals surface area contributed by atoms with E-state index in [2.05, 4.69) is 26.7 Å². The summed E-state index contributed by atoms with van der Waals surface area (Å²) in [7, 11) is 1.52. The van der Waals surface area contributed by atoms with Gasteiger partial charge in [0.15, 0.2) is 0 Å². The fourth-order valence-electron chi connectivity index (χ4n) is 2.22. The highest BCUT2D eigenvalue weighted by molar-refractivity contribution is 9.12. The normalized spacial score (nSPS) is 13.1. The summed E-state index contributed by atoms with van der Waals surface area (Å²) >= 11 is 2.91. The molecule has 0 radical (unpaired) electrons. The lowest BCUT2D eigenvalue weighted by Crippen LogP contribution is -2.36. The summed E-state index contributed by atoms with van der Waals surface area (Å²) in [5.74, 6) is 0.915. The first-order valence-corrected chi connectivity index (χ1v) is 7.11. The van der Waals surface area contributed by atoms with Gasteiger partial charge in [0.25, 0.3) is 5.56 Å². The average molecular weight is 368 g/mol. The van der Waals surface area contributed by atoms with E-state index < -0.39 is 22.8 Å². The first-order chi connectivity index (χ1) is 10.4. The van der Waals surface area contributed by atoms with Gasteiger partial charge in [-0.2, -0.15) is 0 Å². The number of aliphatic hydroxyl groups is 1. The Labute approximate surface area is 134 Å². The minimum absolute atomic E-state index is 0.00208. The highest BCUT2D eigenvalue weighted by atomic mass is 79.9. The van der Waals surface area contributed by atoms with Gasteiger partial charge >= 0.3 is 0 Å². The van der Waals surface area contributed by atoms with Gasteiger partial charge in [-0.05, 0) is 34.7 Å². The smallest absolute Gasteiger partial charge is 0.256 e. The highest BCUT2D eigenvalue weighted by Crippen LogP contribution is 2.31. The van der Waals surface area contributed by atoms with E-state index in [1.54, 1.807) is 6.07 Å². The second kappa shape index (κ2) is 6.42. The molecule has 0 bridgehead atoms. The van der Waals surface area contributed by atoms with Crippen LogP contribution in [0.25, 0.3) is 0 Å². The van der Waals surface area contributed by atoms with E-state index in [9.17, 15) is 18.7 Å². The number of pyridine rings is 1. The summed E-state index contributed by atoms with van der Waals surface area (Å²) in [4.78, 5) is 14.7. The number of aryl methyl sites for hydroxylation is 1. The molecule has 3 nitrogen and oxygen atoms in total. The van der Waals surface area contributed by atoms with Crippen molar-refractivity contribution in [3.63, 3.8) is 0 Å². The SMILES string of the molecule is Cn1cccc(C(O)(CC#CBr)c2cc(F)cc(F)c2)c1=O. The molecule has 114 valence electrons. The van der Waals surface area contributed by atoms with Crippen LogP contribution in [0.1, 0.15) is 17.5 Å². The Balaban J connectivity index is 2.73. The van der Waals surface area contributed by atoms with Crippen molar-refractivity contribution < 1.29 is 13.9 Å². The van der Waals surface area contributed by atoms with Gasteiger partial charge in [-0.3, -0.25) is 4.79 Å². The van der Waals surface area contributed by atoms with Gasteiger partial charge in [0.2, 0.25) is 0 Å². The summed E-state index contributed by atoms with van der Waals surface area (Å²) in [5, 5.41) is 11.0. The summed E-state index contributed by atoms with van der Waals surface area (Å²) in [6.07, 6.45) is 1.33. The van der Waals surface area contributed by atoms with E-state index in [-0.39, 0.29) is 17.5 Å². The molecule has 0 aliphatic heterocycles. The zero-order valence-corrected chi connectivity index (χ0v) is 13.2. The molecule has 2 aromatic rings. The van der Waals surface area contributed by atoms with E-state index in [0.29, 0.717) is 6.07 Å². The van der Waals surface area contributed by atoms with Crippen LogP contribution < -0.4 is 5.56 Å². The maximum Gasteiger partial charge on any atom is 0.256 e. The lowest BCUT2D eigenvalue weighted by Gasteiger charge is -2.27. The Morgan fingerprint density at radius 3 is 2.55 bits per heavy atom. The van der Waals surface area contributed by atoms with E-state index in [4.69, 9.17) is 0 Å². The molecule has 0 spiro atoms. The lowest BCUT2D eigenvalue weighted by atomic mass is 9.84. The van der Waals surface area contributed by atoms with Gasteiger partial charge in [0, 0.05) is 41.7 Å². The van der Waals surface area contributed by atoms with Crippen molar-refractivity contribution in [2.24, 2.45) is 7.05 Å². The predicted octanol–water partition coefficient (Wildman–Crippen LogP) is 2.65. The monoisotopic (exact) mass is 367 g/mol. The molecule has 2 rings (SSSR count). The molecule has 0 amide bonds. The molecule has 0 saturated carbocycles. The van der Waals surface area contributed by atoms with E-state index >= 15 is 0 Å². The van der Waals surface area contributed by atoms with Crippen molar-refractivity contribution in [3.05, 3.63) is 69.6 Å². The number of hydrogen-bond acceptors (Lipinski definition) is 2. The van der Waals surface area contributed by atoms with Crippen LogP contribution in [0.5, 0.6) is 0 Å². The van der Waals surface area contributed by atoms with Crippen molar-refractivity contribution in [2.45, 2.75) is 12.0 Å². The van der Waals surface area contributed by atoms with Gasteiger partial charge in [0.05, 0.1) is 5.56 Å². The Kier molecular flexibility index (Phi) is 4.79. The molecule has 1 N–H and O–H groups in total. The minimum Gasteiger partial charge on any atom is -0.379 e. The lowest BCUT2D eigenvalue weighted by molar-refractivity contribution is 0.0838. The van der Waals surface area contributed by atoms with Crippen LogP contribution >= 0.6 is 15.9 Å². The standard InChI is InChI=1S/C16H12BrF2NO2/c1-20-7-2-4-14(15(20)21)16(22,5-3-6-17)11-8-12(18)10-13(19)9-11/h2,4,7-10,22H,5H2,1H3. The second-order valence-corrected chi connectivity index (χ2v) is 5.20. The van der Waals surface area contributed by atoms with E-state index in [0.717, 1.165) is 12.1 Å². The Hall–Kier alpha value is -1.97. The fraction of sp³-hybridized carbons (Fsp3) is 0.188. The summed E-state index contributed by atoms with van der Waals surface area (Å²) in [6.45, 7) is 0. The van der Waals surface area contributed by atoms with Crippen LogP contribution in [0, 0.1) is 22.4 Å². The second-order valence-electron chi connectivity index (χ2n) is 4.80. The average Bonchev–Trinajstić information content (AvgIpc) is 2.46. The van der Waals surface area contributed by atoms with Crippen LogP contribution in [0.4, 0.5) is 8.78 Å². The highest BCUT2D eigenvalue weighted by Gasteiger charge is 2.34. The summed E-state index contributed by atoms with van der Waals surface area (Å²) < 4.78 is 28.3. The minimum atomic E-state index is -1.92. The zero-order valence-electron chi connectivity index (χ0n) is 11.6.